The first-order valence-electron chi connectivity index (χ1n) is 10.0. The van der Waals surface area contributed by atoms with Crippen molar-refractivity contribution in [3.63, 3.8) is 0 Å². The van der Waals surface area contributed by atoms with Crippen LogP contribution in [-0.2, 0) is 14.9 Å². The van der Waals surface area contributed by atoms with Crippen LogP contribution in [0.2, 0.25) is 0 Å². The van der Waals surface area contributed by atoms with E-state index in [9.17, 15) is 23.9 Å². The van der Waals surface area contributed by atoms with Crippen LogP contribution in [-0.4, -0.2) is 45.7 Å². The smallest absolute Gasteiger partial charge is 0.328 e. The number of aromatic amines is 1. The number of nitrogens with one attached hydrogen (secondary N) is 1. The minimum atomic E-state index is -1.43. The van der Waals surface area contributed by atoms with Gasteiger partial charge < -0.3 is 19.3 Å². The Hall–Kier alpha value is -2.21. The molecule has 10 heteroatoms. The van der Waals surface area contributed by atoms with Gasteiger partial charge in [-0.3, -0.25) is 14.6 Å². The lowest BCUT2D eigenvalue weighted by atomic mass is 10.1. The number of hydrogen-bond acceptors (Lipinski definition) is 5. The second-order valence-corrected chi connectivity index (χ2v) is 9.60. The molecular formula is C21H25FIN3O5. The number of benzene rings is 1. The number of aliphatic hydroxyl groups is 1. The molecule has 3 rings (SSSR count). The predicted molar refractivity (Wildman–Crippen MR) is 121 cm³/mol. The van der Waals surface area contributed by atoms with Crippen molar-refractivity contribution in [1.29, 1.82) is 0 Å². The Morgan fingerprint density at radius 3 is 2.81 bits per heavy atom. The summed E-state index contributed by atoms with van der Waals surface area (Å²) in [5.41, 5.74) is -0.550. The Balaban J connectivity index is 1.55. The van der Waals surface area contributed by atoms with Crippen LogP contribution in [0.3, 0.4) is 0 Å². The van der Waals surface area contributed by atoms with E-state index in [0.29, 0.717) is 24.5 Å². The minimum Gasteiger partial charge on any atom is -0.490 e. The molecule has 8 nitrogen and oxygen atoms in total. The van der Waals surface area contributed by atoms with Crippen molar-refractivity contribution in [2.24, 2.45) is 5.92 Å². The second kappa shape index (κ2) is 9.94. The van der Waals surface area contributed by atoms with Gasteiger partial charge in [0.2, 0.25) is 5.91 Å². The van der Waals surface area contributed by atoms with Gasteiger partial charge in [-0.25, -0.2) is 9.18 Å². The average molecular weight is 545 g/mol. The summed E-state index contributed by atoms with van der Waals surface area (Å²) >= 11 is 1.83. The number of likely N-dealkylation sites (N-methyl/N-ethyl adjacent to an activating group) is 1. The van der Waals surface area contributed by atoms with Gasteiger partial charge >= 0.3 is 5.69 Å². The van der Waals surface area contributed by atoms with Crippen molar-refractivity contribution in [3.8, 4) is 5.75 Å². The first kappa shape index (κ1) is 23.5. The van der Waals surface area contributed by atoms with Gasteiger partial charge in [0, 0.05) is 32.3 Å². The summed E-state index contributed by atoms with van der Waals surface area (Å²) in [7, 11) is 1.58. The molecule has 31 heavy (non-hydrogen) atoms. The zero-order chi connectivity index (χ0) is 22.6. The normalized spacial score (nSPS) is 15.4. The highest BCUT2D eigenvalue weighted by molar-refractivity contribution is 14.1. The number of alkyl halides is 1. The first-order valence-corrected chi connectivity index (χ1v) is 11.1. The fraction of sp³-hybridized carbons (Fsp3) is 0.476. The van der Waals surface area contributed by atoms with Gasteiger partial charge in [-0.2, -0.15) is 0 Å². The van der Waals surface area contributed by atoms with Crippen LogP contribution in [0.1, 0.15) is 31.2 Å². The zero-order valence-corrected chi connectivity index (χ0v) is 19.3. The molecule has 1 aromatic carbocycles. The van der Waals surface area contributed by atoms with E-state index in [0.717, 1.165) is 12.8 Å². The maximum Gasteiger partial charge on any atom is 0.328 e. The fourth-order valence-corrected chi connectivity index (χ4v) is 3.90. The molecule has 1 atom stereocenters. The summed E-state index contributed by atoms with van der Waals surface area (Å²) < 4.78 is 19.5. The molecule has 1 aliphatic rings. The summed E-state index contributed by atoms with van der Waals surface area (Å²) in [6.07, 6.45) is 4.11. The molecule has 1 aliphatic carbocycles. The van der Waals surface area contributed by atoms with Crippen LogP contribution in [0.15, 0.2) is 40.1 Å². The molecule has 1 amide bonds. The SMILES string of the molecule is CN(C[C@](O)(I)c1ccc(F)c(OCC2CC2)c1)C(=O)CCCn1ccc(=O)[nH]c1=O. The lowest BCUT2D eigenvalue weighted by molar-refractivity contribution is -0.131. The third-order valence-corrected chi connectivity index (χ3v) is 6.07. The number of nitrogens with zero attached hydrogens (tertiary/aromatic N) is 2. The van der Waals surface area contributed by atoms with Gasteiger partial charge in [0.25, 0.3) is 5.56 Å². The van der Waals surface area contributed by atoms with E-state index in [1.54, 1.807) is 7.05 Å². The standard InChI is InChI=1S/C21H25FIN3O5/c1-25(19(28)3-2-9-26-10-8-18(27)24-20(26)29)13-21(23,30)15-6-7-16(22)17(11-15)31-12-14-4-5-14/h6-8,10-11,14,30H,2-5,9,12-13H2,1H3,(H,24,27,29)/t21-/m1/s1. The highest BCUT2D eigenvalue weighted by Gasteiger charge is 2.30. The predicted octanol–water partition coefficient (Wildman–Crippen LogP) is 1.98. The van der Waals surface area contributed by atoms with Crippen molar-refractivity contribution in [3.05, 3.63) is 62.7 Å². The number of aromatic nitrogens is 2. The monoisotopic (exact) mass is 545 g/mol. The van der Waals surface area contributed by atoms with E-state index in [-0.39, 0.29) is 31.2 Å². The van der Waals surface area contributed by atoms with Crippen LogP contribution in [0.25, 0.3) is 0 Å². The van der Waals surface area contributed by atoms with Gasteiger partial charge in [0.15, 0.2) is 15.2 Å². The van der Waals surface area contributed by atoms with Crippen molar-refractivity contribution >= 4 is 28.5 Å². The molecule has 0 bridgehead atoms. The number of rotatable bonds is 10. The number of amides is 1. The van der Waals surface area contributed by atoms with Crippen molar-refractivity contribution in [2.75, 3.05) is 20.2 Å². The maximum absolute atomic E-state index is 14.0. The first-order chi connectivity index (χ1) is 14.7. The summed E-state index contributed by atoms with van der Waals surface area (Å²) in [6.45, 7) is 0.735. The van der Waals surface area contributed by atoms with Gasteiger partial charge in [-0.1, -0.05) is 6.07 Å². The van der Waals surface area contributed by atoms with E-state index in [1.165, 1.54) is 39.9 Å². The van der Waals surface area contributed by atoms with Crippen molar-refractivity contribution in [1.82, 2.24) is 14.5 Å². The van der Waals surface area contributed by atoms with Crippen molar-refractivity contribution < 1.29 is 19.0 Å². The third kappa shape index (κ3) is 6.63. The molecule has 1 aromatic heterocycles. The molecular weight excluding hydrogens is 520 g/mol. The molecule has 1 heterocycles. The molecule has 0 saturated heterocycles. The van der Waals surface area contributed by atoms with Gasteiger partial charge in [0.1, 0.15) is 0 Å². The van der Waals surface area contributed by atoms with E-state index in [1.807, 2.05) is 22.6 Å². The molecule has 0 spiro atoms. The number of carbonyl (C=O) groups excluding carboxylic acids is 1. The van der Waals surface area contributed by atoms with Crippen LogP contribution < -0.4 is 16.0 Å². The van der Waals surface area contributed by atoms with Crippen LogP contribution in [0.4, 0.5) is 4.39 Å². The van der Waals surface area contributed by atoms with Gasteiger partial charge in [-0.05, 0) is 65.5 Å². The average Bonchev–Trinajstić information content (AvgIpc) is 3.53. The van der Waals surface area contributed by atoms with E-state index >= 15 is 0 Å². The Morgan fingerprint density at radius 2 is 2.13 bits per heavy atom. The number of H-pyrrole nitrogens is 1. The fourth-order valence-electron chi connectivity index (χ4n) is 3.05. The Bertz CT molecular complexity index is 1050. The van der Waals surface area contributed by atoms with E-state index in [4.69, 9.17) is 4.74 Å². The largest absolute Gasteiger partial charge is 0.490 e. The molecule has 2 N–H and O–H groups in total. The topological polar surface area (TPSA) is 105 Å². The maximum atomic E-state index is 14.0. The number of hydrogen-bond donors (Lipinski definition) is 2. The molecule has 1 saturated carbocycles. The molecule has 2 aromatic rings. The van der Waals surface area contributed by atoms with Gasteiger partial charge in [-0.15, -0.1) is 0 Å². The highest BCUT2D eigenvalue weighted by atomic mass is 127. The van der Waals surface area contributed by atoms with Crippen LogP contribution in [0, 0.1) is 11.7 Å². The number of halogens is 2. The highest BCUT2D eigenvalue weighted by Crippen LogP contribution is 2.35. The van der Waals surface area contributed by atoms with Crippen molar-refractivity contribution in [2.45, 2.75) is 35.8 Å². The second-order valence-electron chi connectivity index (χ2n) is 7.82. The van der Waals surface area contributed by atoms with Gasteiger partial charge in [0.05, 0.1) is 13.2 Å². The third-order valence-electron chi connectivity index (χ3n) is 5.10. The Kier molecular flexibility index (Phi) is 7.52. The summed E-state index contributed by atoms with van der Waals surface area (Å²) in [4.78, 5) is 38.8. The summed E-state index contributed by atoms with van der Waals surface area (Å²) in [5, 5.41) is 10.9. The summed E-state index contributed by atoms with van der Waals surface area (Å²) in [5.74, 6) is -0.129. The van der Waals surface area contributed by atoms with Crippen LogP contribution >= 0.6 is 22.6 Å². The minimum absolute atomic E-state index is 0.00129. The number of carbonyl (C=O) groups is 1. The van der Waals surface area contributed by atoms with E-state index < -0.39 is 20.7 Å². The van der Waals surface area contributed by atoms with E-state index in [2.05, 4.69) is 4.98 Å². The summed E-state index contributed by atoms with van der Waals surface area (Å²) in [6, 6.07) is 5.46. The molecule has 168 valence electrons. The lowest BCUT2D eigenvalue weighted by Gasteiger charge is -2.28. The Labute approximate surface area is 192 Å². The number of aryl methyl sites for hydroxylation is 1. The zero-order valence-electron chi connectivity index (χ0n) is 17.1. The van der Waals surface area contributed by atoms with Crippen LogP contribution in [0.5, 0.6) is 5.75 Å². The Morgan fingerprint density at radius 1 is 1.39 bits per heavy atom. The molecule has 1 fully saturated rings. The number of ether oxygens (including phenoxy) is 1. The molecule has 0 aliphatic heterocycles. The lowest BCUT2D eigenvalue weighted by Crippen LogP contribution is -2.38. The molecule has 0 radical (unpaired) electrons. The molecule has 0 unspecified atom stereocenters. The quantitative estimate of drug-likeness (QED) is 0.351.